The quantitative estimate of drug-likeness (QED) is 0.626. The molecule has 1 heterocycles. The minimum absolute atomic E-state index is 0.0380. The van der Waals surface area contributed by atoms with Gasteiger partial charge in [-0.3, -0.25) is 10.1 Å². The first-order valence-electron chi connectivity index (χ1n) is 6.72. The van der Waals surface area contributed by atoms with E-state index >= 15 is 0 Å². The van der Waals surface area contributed by atoms with Crippen LogP contribution in [0.25, 0.3) is 0 Å². The van der Waals surface area contributed by atoms with Crippen LogP contribution in [0.1, 0.15) is 28.5 Å². The fraction of sp³-hybridized carbons (Fsp3) is 0.286. The first kappa shape index (κ1) is 15.5. The number of aromatic nitrogens is 2. The lowest BCUT2D eigenvalue weighted by atomic mass is 10.1. The number of carboxylic acids is 1. The summed E-state index contributed by atoms with van der Waals surface area (Å²) in [6.45, 7) is 4.29. The fourth-order valence-corrected chi connectivity index (χ4v) is 2.15. The van der Waals surface area contributed by atoms with Crippen LogP contribution in [0.2, 0.25) is 0 Å². The number of anilines is 1. The zero-order valence-electron chi connectivity index (χ0n) is 12.2. The van der Waals surface area contributed by atoms with Crippen molar-refractivity contribution in [3.05, 3.63) is 51.2 Å². The van der Waals surface area contributed by atoms with Crippen LogP contribution in [0.4, 0.5) is 11.5 Å². The third kappa shape index (κ3) is 3.05. The number of aromatic carboxylic acids is 1. The van der Waals surface area contributed by atoms with Crippen molar-refractivity contribution in [1.82, 2.24) is 9.78 Å². The largest absolute Gasteiger partial charge is 0.478 e. The number of carbonyl (C=O) groups is 1. The first-order chi connectivity index (χ1) is 10.4. The van der Waals surface area contributed by atoms with E-state index < -0.39 is 10.9 Å². The van der Waals surface area contributed by atoms with Crippen LogP contribution in [-0.4, -0.2) is 25.8 Å². The summed E-state index contributed by atoms with van der Waals surface area (Å²) in [5, 5.41) is 27.1. The molecule has 1 aromatic heterocycles. The Morgan fingerprint density at radius 2 is 2.05 bits per heavy atom. The lowest BCUT2D eigenvalue weighted by molar-refractivity contribution is -0.384. The van der Waals surface area contributed by atoms with Gasteiger partial charge in [-0.25, -0.2) is 9.48 Å². The predicted octanol–water partition coefficient (Wildman–Crippen LogP) is 2.43. The second-order valence-corrected chi connectivity index (χ2v) is 4.71. The average molecular weight is 304 g/mol. The molecule has 0 bridgehead atoms. The van der Waals surface area contributed by atoms with Crippen molar-refractivity contribution in [2.24, 2.45) is 0 Å². The summed E-state index contributed by atoms with van der Waals surface area (Å²) >= 11 is 0. The van der Waals surface area contributed by atoms with Gasteiger partial charge in [0, 0.05) is 13.1 Å². The molecular formula is C14H16N4O4. The summed E-state index contributed by atoms with van der Waals surface area (Å²) in [4.78, 5) is 21.5. The van der Waals surface area contributed by atoms with E-state index in [4.69, 9.17) is 5.11 Å². The first-order valence-corrected chi connectivity index (χ1v) is 6.72. The van der Waals surface area contributed by atoms with Crippen molar-refractivity contribution in [3.8, 4) is 0 Å². The Labute approximate surface area is 126 Å². The number of nitro groups is 1. The third-order valence-electron chi connectivity index (χ3n) is 3.24. The Morgan fingerprint density at radius 3 is 2.55 bits per heavy atom. The molecule has 0 aliphatic heterocycles. The van der Waals surface area contributed by atoms with Gasteiger partial charge in [-0.15, -0.1) is 0 Å². The van der Waals surface area contributed by atoms with Gasteiger partial charge in [0.1, 0.15) is 5.69 Å². The summed E-state index contributed by atoms with van der Waals surface area (Å²) in [5.74, 6) is -0.637. The third-order valence-corrected chi connectivity index (χ3v) is 3.24. The Kier molecular flexibility index (Phi) is 4.40. The maximum Gasteiger partial charge on any atom is 0.335 e. The molecule has 0 aliphatic carbocycles. The molecule has 0 atom stereocenters. The molecule has 0 saturated carbocycles. The normalized spacial score (nSPS) is 10.5. The maximum absolute atomic E-state index is 11.1. The molecule has 116 valence electrons. The SMILES string of the molecule is CCn1nc(C)c([N+](=O)[O-])c1NCc1ccc(C(=O)O)cc1. The predicted molar refractivity (Wildman–Crippen MR) is 80.0 cm³/mol. The molecule has 0 unspecified atom stereocenters. The smallest absolute Gasteiger partial charge is 0.335 e. The lowest BCUT2D eigenvalue weighted by Crippen LogP contribution is -2.08. The Morgan fingerprint density at radius 1 is 1.41 bits per heavy atom. The number of benzene rings is 1. The highest BCUT2D eigenvalue weighted by Crippen LogP contribution is 2.28. The van der Waals surface area contributed by atoms with Crippen molar-refractivity contribution in [1.29, 1.82) is 0 Å². The van der Waals surface area contributed by atoms with Crippen LogP contribution < -0.4 is 5.32 Å². The summed E-state index contributed by atoms with van der Waals surface area (Å²) < 4.78 is 1.54. The molecule has 2 aromatic rings. The van der Waals surface area contributed by atoms with E-state index in [-0.39, 0.29) is 11.3 Å². The van der Waals surface area contributed by atoms with Gasteiger partial charge in [-0.2, -0.15) is 5.10 Å². The Hall–Kier alpha value is -2.90. The van der Waals surface area contributed by atoms with E-state index in [1.165, 1.54) is 12.1 Å². The van der Waals surface area contributed by atoms with Crippen LogP contribution in [-0.2, 0) is 13.1 Å². The molecule has 0 spiro atoms. The van der Waals surface area contributed by atoms with Gasteiger partial charge in [0.2, 0.25) is 5.82 Å². The highest BCUT2D eigenvalue weighted by Gasteiger charge is 2.24. The van der Waals surface area contributed by atoms with Gasteiger partial charge in [0.25, 0.3) is 0 Å². The van der Waals surface area contributed by atoms with Gasteiger partial charge in [0.05, 0.1) is 10.5 Å². The molecule has 8 nitrogen and oxygen atoms in total. The maximum atomic E-state index is 11.1. The zero-order valence-corrected chi connectivity index (χ0v) is 12.2. The van der Waals surface area contributed by atoms with E-state index in [1.54, 1.807) is 23.7 Å². The molecule has 0 saturated heterocycles. The van der Waals surface area contributed by atoms with Crippen LogP contribution in [0.5, 0.6) is 0 Å². The molecular weight excluding hydrogens is 288 g/mol. The van der Waals surface area contributed by atoms with Crippen LogP contribution in [0, 0.1) is 17.0 Å². The van der Waals surface area contributed by atoms with Crippen molar-refractivity contribution in [2.45, 2.75) is 26.9 Å². The van der Waals surface area contributed by atoms with Crippen molar-refractivity contribution in [3.63, 3.8) is 0 Å². The highest BCUT2D eigenvalue weighted by atomic mass is 16.6. The number of hydrogen-bond acceptors (Lipinski definition) is 5. The average Bonchev–Trinajstić information content (AvgIpc) is 2.81. The molecule has 8 heteroatoms. The van der Waals surface area contributed by atoms with E-state index in [0.717, 1.165) is 5.56 Å². The highest BCUT2D eigenvalue weighted by molar-refractivity contribution is 5.87. The van der Waals surface area contributed by atoms with Crippen molar-refractivity contribution >= 4 is 17.5 Å². The molecule has 2 rings (SSSR count). The van der Waals surface area contributed by atoms with E-state index in [2.05, 4.69) is 10.4 Å². The van der Waals surface area contributed by atoms with E-state index in [1.807, 2.05) is 6.92 Å². The summed E-state index contributed by atoms with van der Waals surface area (Å²) in [7, 11) is 0. The number of carboxylic acid groups (broad SMARTS) is 1. The molecule has 0 radical (unpaired) electrons. The summed E-state index contributed by atoms with van der Waals surface area (Å²) in [5.41, 5.74) is 1.34. The van der Waals surface area contributed by atoms with Crippen LogP contribution in [0.3, 0.4) is 0 Å². The lowest BCUT2D eigenvalue weighted by Gasteiger charge is -2.08. The minimum atomic E-state index is -0.991. The molecule has 0 fully saturated rings. The van der Waals surface area contributed by atoms with Crippen LogP contribution >= 0.6 is 0 Å². The summed E-state index contributed by atoms with van der Waals surface area (Å²) in [6, 6.07) is 6.33. The van der Waals surface area contributed by atoms with Gasteiger partial charge in [-0.05, 0) is 31.5 Å². The van der Waals surface area contributed by atoms with E-state index in [0.29, 0.717) is 24.6 Å². The number of nitrogens with one attached hydrogen (secondary N) is 1. The number of hydrogen-bond donors (Lipinski definition) is 2. The standard InChI is InChI=1S/C14H16N4O4/c1-3-17-13(12(18(21)22)9(2)16-17)15-8-10-4-6-11(7-5-10)14(19)20/h4-7,15H,3,8H2,1-2H3,(H,19,20). The van der Waals surface area contributed by atoms with Crippen molar-refractivity contribution < 1.29 is 14.8 Å². The minimum Gasteiger partial charge on any atom is -0.478 e. The molecule has 0 aliphatic rings. The zero-order chi connectivity index (χ0) is 16.3. The van der Waals surface area contributed by atoms with Gasteiger partial charge in [-0.1, -0.05) is 12.1 Å². The van der Waals surface area contributed by atoms with Gasteiger partial charge >= 0.3 is 11.7 Å². The number of aryl methyl sites for hydroxylation is 2. The Bertz CT molecular complexity index is 706. The number of nitrogens with zero attached hydrogens (tertiary/aromatic N) is 3. The van der Waals surface area contributed by atoms with Gasteiger partial charge < -0.3 is 10.4 Å². The van der Waals surface area contributed by atoms with Crippen LogP contribution in [0.15, 0.2) is 24.3 Å². The fourth-order valence-electron chi connectivity index (χ4n) is 2.15. The summed E-state index contributed by atoms with van der Waals surface area (Å²) in [6.07, 6.45) is 0. The molecule has 2 N–H and O–H groups in total. The molecule has 0 amide bonds. The molecule has 22 heavy (non-hydrogen) atoms. The van der Waals surface area contributed by atoms with Gasteiger partial charge in [0.15, 0.2) is 0 Å². The second-order valence-electron chi connectivity index (χ2n) is 4.71. The topological polar surface area (TPSA) is 110 Å². The number of rotatable bonds is 6. The Balaban J connectivity index is 2.20. The second kappa shape index (κ2) is 6.25. The van der Waals surface area contributed by atoms with Crippen molar-refractivity contribution in [2.75, 3.05) is 5.32 Å². The monoisotopic (exact) mass is 304 g/mol. The molecule has 1 aromatic carbocycles. The van der Waals surface area contributed by atoms with E-state index in [9.17, 15) is 14.9 Å².